The van der Waals surface area contributed by atoms with Crippen LogP contribution in [0, 0.1) is 12.7 Å². The van der Waals surface area contributed by atoms with Crippen LogP contribution in [0.15, 0.2) is 96.1 Å². The Morgan fingerprint density at radius 2 is 1.62 bits per heavy atom. The van der Waals surface area contributed by atoms with E-state index in [-0.39, 0.29) is 48.8 Å². The van der Waals surface area contributed by atoms with Gasteiger partial charge in [0, 0.05) is 31.1 Å². The van der Waals surface area contributed by atoms with Gasteiger partial charge in [0.1, 0.15) is 34.1 Å². The number of aryl methyl sites for hydroxylation is 1. The number of methoxy groups -OCH3 is 1. The normalized spacial score (nSPS) is 15.4. The molecule has 0 aliphatic carbocycles. The van der Waals surface area contributed by atoms with E-state index in [1.165, 1.54) is 39.9 Å². The van der Waals surface area contributed by atoms with Crippen LogP contribution in [-0.4, -0.2) is 84.2 Å². The molecule has 2 atom stereocenters. The number of rotatable bonds is 14. The Bertz CT molecular complexity index is 2330. The zero-order chi connectivity index (χ0) is 39.6. The minimum absolute atomic E-state index is 0.0179. The van der Waals surface area contributed by atoms with Crippen LogP contribution < -0.4 is 25.4 Å². The minimum Gasteiger partial charge on any atom is -0.496 e. The molecule has 0 unspecified atom stereocenters. The van der Waals surface area contributed by atoms with Crippen molar-refractivity contribution >= 4 is 46.2 Å². The fourth-order valence-electron chi connectivity index (χ4n) is 7.59. The highest BCUT2D eigenvalue weighted by Gasteiger charge is 2.50. The van der Waals surface area contributed by atoms with Gasteiger partial charge in [0.05, 0.1) is 44.1 Å². The lowest BCUT2D eigenvalue weighted by molar-refractivity contribution is -0.126. The van der Waals surface area contributed by atoms with Crippen LogP contribution in [0.2, 0.25) is 5.04 Å². The second kappa shape index (κ2) is 16.1. The SMILES string of the molecule is COc1ccc(F)cc1[C@H](COc1nc2sc(-n3nccn3)c(C)c2c(=O)n1[C@H]1CC(=O)N(C)C1)OCCO[Si](c1ccccc1)(c1ccccc1)C(C)(C)C. The number of halogens is 1. The van der Waals surface area contributed by atoms with Crippen molar-refractivity contribution in [2.75, 3.05) is 40.5 Å². The molecule has 15 heteroatoms. The van der Waals surface area contributed by atoms with E-state index in [1.54, 1.807) is 30.4 Å². The molecule has 0 radical (unpaired) electrons. The quantitative estimate of drug-likeness (QED) is 0.102. The summed E-state index contributed by atoms with van der Waals surface area (Å²) < 4.78 is 42.1. The molecule has 0 spiro atoms. The Hall–Kier alpha value is -5.22. The summed E-state index contributed by atoms with van der Waals surface area (Å²) in [6.07, 6.45) is 2.36. The molecule has 3 aromatic carbocycles. The van der Waals surface area contributed by atoms with E-state index in [2.05, 4.69) is 55.2 Å². The number of likely N-dealkylation sites (tertiary alicyclic amines) is 1. The van der Waals surface area contributed by atoms with Crippen molar-refractivity contribution in [3.8, 4) is 16.8 Å². The van der Waals surface area contributed by atoms with Gasteiger partial charge in [0.25, 0.3) is 13.9 Å². The zero-order valence-corrected chi connectivity index (χ0v) is 34.1. The molecule has 0 saturated carbocycles. The average molecular weight is 797 g/mol. The van der Waals surface area contributed by atoms with E-state index < -0.39 is 26.3 Å². The third-order valence-corrected chi connectivity index (χ3v) is 16.5. The first-order chi connectivity index (χ1) is 26.9. The number of amides is 1. The summed E-state index contributed by atoms with van der Waals surface area (Å²) >= 11 is 1.26. The Morgan fingerprint density at radius 1 is 0.964 bits per heavy atom. The standard InChI is InChI=1S/C41H45FN6O6SSi/c1-27-36-37(55-39(27)48-43-19-20-44-48)45-40(47(38(36)50)29-24-35(49)46(5)25-29)53-26-34(32-23-28(42)17-18-33(32)51-6)52-21-22-54-56(41(2,3)4,30-13-9-7-10-14-30)31-15-11-8-12-16-31/h7-20,23,29,34H,21-22,24-26H2,1-6H3/t29-,34-/m0/s1. The Kier molecular flexibility index (Phi) is 11.2. The number of ether oxygens (including phenoxy) is 3. The summed E-state index contributed by atoms with van der Waals surface area (Å²) in [6, 6.07) is 24.4. The number of hydrogen-bond acceptors (Lipinski definition) is 10. The van der Waals surface area contributed by atoms with E-state index >= 15 is 0 Å². The summed E-state index contributed by atoms with van der Waals surface area (Å²) in [7, 11) is 0.335. The monoisotopic (exact) mass is 796 g/mol. The lowest BCUT2D eigenvalue weighted by atomic mass is 10.1. The van der Waals surface area contributed by atoms with E-state index in [0.29, 0.717) is 38.6 Å². The van der Waals surface area contributed by atoms with Gasteiger partial charge in [-0.05, 0) is 40.5 Å². The molecule has 7 rings (SSSR count). The summed E-state index contributed by atoms with van der Waals surface area (Å²) in [5.41, 5.74) is 0.746. The number of likely N-dealkylation sites (N-methyl/N-ethyl adjacent to an activating group) is 1. The molecule has 3 aromatic heterocycles. The Morgan fingerprint density at radius 3 is 2.21 bits per heavy atom. The second-order valence-electron chi connectivity index (χ2n) is 14.8. The highest BCUT2D eigenvalue weighted by Crippen LogP contribution is 2.38. The molecular formula is C41H45FN6O6SSi. The molecule has 1 amide bonds. The number of nitrogens with zero attached hydrogens (tertiary/aromatic N) is 6. The molecule has 292 valence electrons. The topological polar surface area (TPSA) is 123 Å². The molecule has 6 aromatic rings. The molecule has 1 saturated heterocycles. The van der Waals surface area contributed by atoms with E-state index in [9.17, 15) is 14.0 Å². The molecule has 1 aliphatic heterocycles. The smallest absolute Gasteiger partial charge is 0.301 e. The van der Waals surface area contributed by atoms with Crippen molar-refractivity contribution in [2.45, 2.75) is 51.3 Å². The molecule has 56 heavy (non-hydrogen) atoms. The van der Waals surface area contributed by atoms with Gasteiger partial charge in [0.15, 0.2) is 0 Å². The number of thiophene rings is 1. The van der Waals surface area contributed by atoms with Gasteiger partial charge in [-0.15, -0.1) is 4.80 Å². The van der Waals surface area contributed by atoms with Crippen molar-refractivity contribution in [3.63, 3.8) is 0 Å². The number of benzene rings is 3. The molecule has 4 heterocycles. The first-order valence-corrected chi connectivity index (χ1v) is 21.1. The van der Waals surface area contributed by atoms with Crippen LogP contribution in [0.5, 0.6) is 11.8 Å². The summed E-state index contributed by atoms with van der Waals surface area (Å²) in [5, 5.41) is 11.6. The first kappa shape index (κ1) is 39.0. The van der Waals surface area contributed by atoms with E-state index in [0.717, 1.165) is 10.4 Å². The Labute approximate surface area is 329 Å². The largest absolute Gasteiger partial charge is 0.496 e. The lowest BCUT2D eigenvalue weighted by Crippen LogP contribution is -2.66. The number of fused-ring (bicyclic) bond motifs is 1. The molecular weight excluding hydrogens is 752 g/mol. The maximum atomic E-state index is 14.9. The molecule has 1 fully saturated rings. The number of aromatic nitrogens is 5. The first-order valence-electron chi connectivity index (χ1n) is 18.4. The summed E-state index contributed by atoms with van der Waals surface area (Å²) in [4.78, 5) is 35.4. The van der Waals surface area contributed by atoms with Crippen LogP contribution in [0.4, 0.5) is 4.39 Å². The third kappa shape index (κ3) is 7.39. The molecule has 1 aliphatic rings. The van der Waals surface area contributed by atoms with Crippen LogP contribution in [0.1, 0.15) is 50.5 Å². The zero-order valence-electron chi connectivity index (χ0n) is 32.3. The molecule has 0 N–H and O–H groups in total. The average Bonchev–Trinajstić information content (AvgIpc) is 3.92. The van der Waals surface area contributed by atoms with Gasteiger partial charge < -0.3 is 23.5 Å². The van der Waals surface area contributed by atoms with Crippen molar-refractivity contribution in [2.24, 2.45) is 0 Å². The molecule has 12 nitrogen and oxygen atoms in total. The number of carbonyl (C=O) groups is 1. The molecule has 0 bridgehead atoms. The van der Waals surface area contributed by atoms with E-state index in [1.807, 2.05) is 43.3 Å². The lowest BCUT2D eigenvalue weighted by Gasteiger charge is -2.43. The van der Waals surface area contributed by atoms with Crippen LogP contribution in [-0.2, 0) is 14.0 Å². The Balaban J connectivity index is 1.23. The van der Waals surface area contributed by atoms with Crippen LogP contribution in [0.3, 0.4) is 0 Å². The maximum absolute atomic E-state index is 14.9. The van der Waals surface area contributed by atoms with Crippen LogP contribution >= 0.6 is 11.3 Å². The summed E-state index contributed by atoms with van der Waals surface area (Å²) in [6.45, 7) is 8.94. The van der Waals surface area contributed by atoms with Crippen molar-refractivity contribution < 1.29 is 27.8 Å². The second-order valence-corrected chi connectivity index (χ2v) is 20.1. The number of carbonyl (C=O) groups excluding carboxylic acids is 1. The third-order valence-electron chi connectivity index (χ3n) is 10.3. The van der Waals surface area contributed by atoms with E-state index in [4.69, 9.17) is 23.6 Å². The van der Waals surface area contributed by atoms with Gasteiger partial charge in [-0.1, -0.05) is 92.8 Å². The number of hydrogen-bond donors (Lipinski definition) is 0. The van der Waals surface area contributed by atoms with Gasteiger partial charge >= 0.3 is 6.01 Å². The summed E-state index contributed by atoms with van der Waals surface area (Å²) in [5.74, 6) is -0.166. The fourth-order valence-corrected chi connectivity index (χ4v) is 13.2. The highest BCUT2D eigenvalue weighted by molar-refractivity contribution is 7.21. The minimum atomic E-state index is -2.87. The van der Waals surface area contributed by atoms with Crippen molar-refractivity contribution in [3.05, 3.63) is 119 Å². The maximum Gasteiger partial charge on any atom is 0.301 e. The van der Waals surface area contributed by atoms with Gasteiger partial charge in [-0.2, -0.15) is 15.2 Å². The van der Waals surface area contributed by atoms with Crippen molar-refractivity contribution in [1.82, 2.24) is 29.4 Å². The van der Waals surface area contributed by atoms with Gasteiger partial charge in [0.2, 0.25) is 5.91 Å². The fraction of sp³-hybridized carbons (Fsp3) is 0.341. The van der Waals surface area contributed by atoms with Gasteiger partial charge in [-0.25, -0.2) is 4.39 Å². The van der Waals surface area contributed by atoms with Crippen LogP contribution in [0.25, 0.3) is 15.2 Å². The predicted molar refractivity (Wildman–Crippen MR) is 216 cm³/mol. The van der Waals surface area contributed by atoms with Crippen molar-refractivity contribution in [1.29, 1.82) is 0 Å². The van der Waals surface area contributed by atoms with Gasteiger partial charge in [-0.3, -0.25) is 14.2 Å². The highest BCUT2D eigenvalue weighted by atomic mass is 32.1. The predicted octanol–water partition coefficient (Wildman–Crippen LogP) is 5.61.